The van der Waals surface area contributed by atoms with Gasteiger partial charge < -0.3 is 14.5 Å². The van der Waals surface area contributed by atoms with Crippen LogP contribution in [0.15, 0.2) is 162 Å². The van der Waals surface area contributed by atoms with E-state index in [1.165, 1.54) is 0 Å². The summed E-state index contributed by atoms with van der Waals surface area (Å²) in [4.78, 5) is 25.0. The highest BCUT2D eigenvalue weighted by Gasteiger charge is 2.53. The van der Waals surface area contributed by atoms with Crippen molar-refractivity contribution in [2.24, 2.45) is 4.99 Å². The molecule has 6 rings (SSSR count). The maximum atomic E-state index is 15.2. The Hall–Kier alpha value is -4.70. The van der Waals surface area contributed by atoms with Crippen LogP contribution in [0, 0.1) is 10.2 Å². The van der Waals surface area contributed by atoms with Crippen LogP contribution in [0.25, 0.3) is 5.31 Å². The van der Waals surface area contributed by atoms with Gasteiger partial charge in [-0.05, 0) is 50.2 Å². The lowest BCUT2D eigenvalue weighted by molar-refractivity contribution is -2.00. The number of morpholine rings is 1. The second-order valence-electron chi connectivity index (χ2n) is 12.0. The quantitative estimate of drug-likeness (QED) is 0.0925. The molecule has 1 saturated heterocycles. The molecule has 0 aliphatic carbocycles. The summed E-state index contributed by atoms with van der Waals surface area (Å²) in [5.74, 6) is 0.711. The van der Waals surface area contributed by atoms with Crippen LogP contribution < -0.4 is 34.5 Å². The number of hydrogen-bond acceptors (Lipinski definition) is 7. The van der Waals surface area contributed by atoms with Crippen molar-refractivity contribution in [2.75, 3.05) is 39.4 Å². The fourth-order valence-electron chi connectivity index (χ4n) is 6.52. The van der Waals surface area contributed by atoms with Gasteiger partial charge in [-0.2, -0.15) is 0 Å². The first-order chi connectivity index (χ1) is 25.7. The smallest absolute Gasteiger partial charge is 0.276 e. The van der Waals surface area contributed by atoms with Crippen LogP contribution >= 0.6 is 7.26 Å². The molecule has 0 atom stereocenters. The van der Waals surface area contributed by atoms with Gasteiger partial charge in [0.2, 0.25) is 0 Å². The van der Waals surface area contributed by atoms with E-state index in [1.54, 1.807) is 0 Å². The Morgan fingerprint density at radius 3 is 1.38 bits per heavy atom. The maximum Gasteiger partial charge on any atom is 0.276 e. The Morgan fingerprint density at radius 1 is 0.642 bits per heavy atom. The summed E-state index contributed by atoms with van der Waals surface area (Å²) < 4.78 is 39.7. The average Bonchev–Trinajstić information content (AvgIpc) is 3.19. The molecule has 5 aromatic carbocycles. The van der Waals surface area contributed by atoms with Crippen molar-refractivity contribution in [3.63, 3.8) is 0 Å². The van der Waals surface area contributed by atoms with Gasteiger partial charge in [-0.1, -0.05) is 115 Å². The molecule has 0 N–H and O–H groups in total. The molecule has 53 heavy (non-hydrogen) atoms. The second kappa shape index (κ2) is 18.9. The summed E-state index contributed by atoms with van der Waals surface area (Å²) in [5.41, 5.74) is 2.43. The van der Waals surface area contributed by atoms with E-state index in [-0.39, 0.29) is 5.91 Å². The van der Waals surface area contributed by atoms with Crippen LogP contribution in [0.5, 0.6) is 0 Å². The van der Waals surface area contributed by atoms with Gasteiger partial charge in [-0.3, -0.25) is 4.79 Å². The molecule has 1 heterocycles. The number of likely N-dealkylation sites (N-methyl/N-ethyl adjacent to an activating group) is 1. The summed E-state index contributed by atoms with van der Waals surface area (Å²) in [7, 11) is -7.71. The number of carbonyl (C=O) groups excluding carboxylic acids is 1. The third kappa shape index (κ3) is 9.84. The van der Waals surface area contributed by atoms with Crippen molar-refractivity contribution in [2.45, 2.75) is 13.8 Å². The van der Waals surface area contributed by atoms with Gasteiger partial charge in [0.1, 0.15) is 34.3 Å². The Labute approximate surface area is 314 Å². The molecule has 0 radical (unpaired) electrons. The predicted octanol–water partition coefficient (Wildman–Crippen LogP) is 2.24. The lowest BCUT2D eigenvalue weighted by atomic mass is 10.1. The molecule has 274 valence electrons. The van der Waals surface area contributed by atoms with Crippen LogP contribution in [-0.4, -0.2) is 60.9 Å². The van der Waals surface area contributed by atoms with E-state index in [1.807, 2.05) is 43.0 Å². The van der Waals surface area contributed by atoms with Crippen molar-refractivity contribution >= 4 is 40.2 Å². The minimum absolute atomic E-state index is 0.0762. The molecular weight excluding hydrogens is 709 g/mol. The number of nitrogens with zero attached hydrogens (tertiary/aromatic N) is 3. The molecule has 5 aromatic rings. The fourth-order valence-corrected chi connectivity index (χ4v) is 11.1. The zero-order valence-electron chi connectivity index (χ0n) is 29.8. The highest BCUT2D eigenvalue weighted by molar-refractivity contribution is 8.03. The molecule has 0 bridgehead atoms. The minimum Gasteiger partial charge on any atom is -0.378 e. The minimum atomic E-state index is -4.94. The van der Waals surface area contributed by atoms with Crippen molar-refractivity contribution < 1.29 is 38.4 Å². The first-order valence-corrected chi connectivity index (χ1v) is 20.4. The van der Waals surface area contributed by atoms with E-state index in [4.69, 9.17) is 28.4 Å². The zero-order chi connectivity index (χ0) is 37.7. The third-order valence-electron chi connectivity index (χ3n) is 8.85. The molecule has 1 amide bonds. The number of amidine groups is 1. The van der Waals surface area contributed by atoms with Crippen molar-refractivity contribution in [1.29, 1.82) is 0 Å². The number of rotatable bonds is 10. The van der Waals surface area contributed by atoms with Crippen LogP contribution in [-0.2, 0) is 9.53 Å². The lowest BCUT2D eigenvalue weighted by Crippen LogP contribution is -2.68. The van der Waals surface area contributed by atoms with Gasteiger partial charge in [-0.15, -0.1) is 10.2 Å². The molecular formula is C42H43ClN3O6P. The first-order valence-electron chi connectivity index (χ1n) is 17.4. The molecule has 0 saturated carbocycles. The summed E-state index contributed by atoms with van der Waals surface area (Å²) in [6.07, 6.45) is 0. The van der Waals surface area contributed by atoms with E-state index in [0.717, 1.165) is 38.2 Å². The Bertz CT molecular complexity index is 1830. The Morgan fingerprint density at radius 2 is 1.00 bits per heavy atom. The molecule has 1 aliphatic heterocycles. The summed E-state index contributed by atoms with van der Waals surface area (Å²) >= 11 is 0. The third-order valence-corrected chi connectivity index (χ3v) is 13.2. The molecule has 1 fully saturated rings. The van der Waals surface area contributed by atoms with Gasteiger partial charge in [0, 0.05) is 37.3 Å². The monoisotopic (exact) mass is 751 g/mol. The van der Waals surface area contributed by atoms with Gasteiger partial charge in [0.25, 0.3) is 5.91 Å². The Balaban J connectivity index is 0.00000101. The van der Waals surface area contributed by atoms with Gasteiger partial charge >= 0.3 is 0 Å². The van der Waals surface area contributed by atoms with E-state index in [2.05, 4.69) is 132 Å². The topological polar surface area (TPSA) is 137 Å². The lowest BCUT2D eigenvalue weighted by Gasteiger charge is -2.33. The van der Waals surface area contributed by atoms with Crippen LogP contribution in [0.1, 0.15) is 25.0 Å². The molecule has 0 unspecified atom stereocenters. The van der Waals surface area contributed by atoms with Crippen molar-refractivity contribution in [1.82, 2.24) is 9.80 Å². The van der Waals surface area contributed by atoms with Crippen LogP contribution in [0.4, 0.5) is 0 Å². The number of amides is 1. The molecule has 11 heteroatoms. The largest absolute Gasteiger partial charge is 0.378 e. The zero-order valence-corrected chi connectivity index (χ0v) is 31.4. The van der Waals surface area contributed by atoms with E-state index in [0.29, 0.717) is 45.1 Å². The normalized spacial score (nSPS) is 14.1. The fraction of sp³-hybridized carbons (Fsp3) is 0.190. The number of carbonyl (C=O) groups is 1. The van der Waals surface area contributed by atoms with Gasteiger partial charge in [0.15, 0.2) is 5.70 Å². The molecule has 1 aliphatic rings. The first kappa shape index (κ1) is 39.5. The van der Waals surface area contributed by atoms with Crippen molar-refractivity contribution in [3.8, 4) is 0 Å². The second-order valence-corrected chi connectivity index (χ2v) is 16.1. The van der Waals surface area contributed by atoms with E-state index < -0.39 is 17.5 Å². The summed E-state index contributed by atoms with van der Waals surface area (Å²) in [6, 6.07) is 52.9. The van der Waals surface area contributed by atoms with Crippen LogP contribution in [0.3, 0.4) is 0 Å². The van der Waals surface area contributed by atoms with Gasteiger partial charge in [-0.25, -0.2) is 23.6 Å². The summed E-state index contributed by atoms with van der Waals surface area (Å²) in [5, 5.41) is 4.43. The maximum absolute atomic E-state index is 15.2. The predicted molar refractivity (Wildman–Crippen MR) is 202 cm³/mol. The van der Waals surface area contributed by atoms with E-state index >= 15 is 4.79 Å². The summed E-state index contributed by atoms with van der Waals surface area (Å²) in [6.45, 7) is 7.82. The molecule has 9 nitrogen and oxygen atoms in total. The Kier molecular flexibility index (Phi) is 14.1. The highest BCUT2D eigenvalue weighted by atomic mass is 35.7. The number of ether oxygens (including phenoxy) is 1. The van der Waals surface area contributed by atoms with Crippen LogP contribution in [0.2, 0.25) is 0 Å². The number of benzene rings is 5. The van der Waals surface area contributed by atoms with Gasteiger partial charge in [0.05, 0.1) is 13.2 Å². The van der Waals surface area contributed by atoms with Crippen molar-refractivity contribution in [3.05, 3.63) is 168 Å². The number of aliphatic imine (C=N–C) groups is 1. The number of halogens is 1. The highest BCUT2D eigenvalue weighted by Crippen LogP contribution is 2.67. The molecule has 0 spiro atoms. The average molecular weight is 752 g/mol. The number of hydrogen-bond donors (Lipinski definition) is 0. The SMILES string of the molecule is CCN(CC)C(=O)C(N=C(c1ccccc1)N1CCOCC1)=C(c1ccccc1)[P+](c1ccccc1)(c1ccccc1)c1ccccc1.[O-][Cl+3]([O-])([O-])[O-]. The van der Waals surface area contributed by atoms with E-state index in [9.17, 15) is 0 Å². The molecule has 0 aromatic heterocycles. The standard InChI is InChI=1S/C42H43N3O2P.ClHO4/c1-3-44(4-2)42(46)39(43-41(35-22-12-6-13-23-35)45-30-32-47-33-31-45)40(34-20-10-5-11-21-34)48(36-24-14-7-15-25-36,37-26-16-8-17-27-37)38-28-18-9-19-29-38;2-1(3,4)5/h5-29H,3-4,30-33H2,1-2H3;(H,2,3,4,5)/q+1;/p-1.